The summed E-state index contributed by atoms with van der Waals surface area (Å²) in [5.41, 5.74) is 0.747. The number of carbonyl (C=O) groups is 1. The molecule has 2 N–H and O–H groups in total. The molecule has 1 heterocycles. The van der Waals surface area contributed by atoms with E-state index in [1.54, 1.807) is 18.3 Å². The van der Waals surface area contributed by atoms with E-state index in [-0.39, 0.29) is 18.4 Å². The van der Waals surface area contributed by atoms with E-state index in [2.05, 4.69) is 10.3 Å². The summed E-state index contributed by atoms with van der Waals surface area (Å²) in [7, 11) is 0. The van der Waals surface area contributed by atoms with Gasteiger partial charge < -0.3 is 10.4 Å². The van der Waals surface area contributed by atoms with Crippen LogP contribution in [0.15, 0.2) is 18.3 Å². The predicted octanol–water partition coefficient (Wildman–Crippen LogP) is 1.31. The van der Waals surface area contributed by atoms with Crippen molar-refractivity contribution >= 4 is 11.7 Å². The van der Waals surface area contributed by atoms with E-state index in [1.807, 2.05) is 0 Å². The number of nitrogens with one attached hydrogen (secondary N) is 1. The molecule has 0 saturated heterocycles. The Hall–Kier alpha value is -1.42. The zero-order chi connectivity index (χ0) is 10.7. The van der Waals surface area contributed by atoms with E-state index in [0.29, 0.717) is 5.82 Å². The average Bonchev–Trinajstić information content (AvgIpc) is 2.16. The lowest BCUT2D eigenvalue weighted by atomic mass is 9.85. The molecule has 1 aromatic heterocycles. The first kappa shape index (κ1) is 10.1. The van der Waals surface area contributed by atoms with E-state index in [9.17, 15) is 4.79 Å². The van der Waals surface area contributed by atoms with Crippen molar-refractivity contribution in [2.75, 3.05) is 5.32 Å². The number of nitrogens with zero attached hydrogens (tertiary/aromatic N) is 1. The summed E-state index contributed by atoms with van der Waals surface area (Å²) in [6.07, 6.45) is 4.69. The smallest absolute Gasteiger partial charge is 0.228 e. The van der Waals surface area contributed by atoms with Gasteiger partial charge in [-0.2, -0.15) is 0 Å². The molecule has 0 bridgehead atoms. The number of rotatable bonds is 3. The summed E-state index contributed by atoms with van der Waals surface area (Å²) in [6, 6.07) is 3.46. The molecule has 2 rings (SSSR count). The van der Waals surface area contributed by atoms with Gasteiger partial charge >= 0.3 is 0 Å². The van der Waals surface area contributed by atoms with Gasteiger partial charge in [-0.25, -0.2) is 4.98 Å². The van der Waals surface area contributed by atoms with Gasteiger partial charge in [0.15, 0.2) is 0 Å². The molecule has 0 atom stereocenters. The summed E-state index contributed by atoms with van der Waals surface area (Å²) in [5.74, 6) is 0.791. The van der Waals surface area contributed by atoms with Gasteiger partial charge in [0.05, 0.1) is 6.61 Å². The third-order valence-corrected chi connectivity index (χ3v) is 2.73. The summed E-state index contributed by atoms with van der Waals surface area (Å²) < 4.78 is 0. The number of pyridine rings is 1. The zero-order valence-corrected chi connectivity index (χ0v) is 8.44. The molecule has 0 radical (unpaired) electrons. The lowest BCUT2D eigenvalue weighted by Crippen LogP contribution is -2.28. The Morgan fingerprint density at radius 2 is 2.33 bits per heavy atom. The van der Waals surface area contributed by atoms with Crippen LogP contribution in [0, 0.1) is 5.92 Å². The number of aliphatic hydroxyl groups is 1. The maximum absolute atomic E-state index is 11.5. The Bertz CT molecular complexity index is 344. The topological polar surface area (TPSA) is 62.2 Å². The summed E-state index contributed by atoms with van der Waals surface area (Å²) >= 11 is 0. The third-order valence-electron chi connectivity index (χ3n) is 2.73. The Balaban J connectivity index is 1.94. The van der Waals surface area contributed by atoms with Crippen molar-refractivity contribution in [1.82, 2.24) is 4.98 Å². The molecule has 1 saturated carbocycles. The standard InChI is InChI=1S/C11H14N2O2/c14-7-8-4-5-10(12-6-8)13-11(15)9-2-1-3-9/h4-6,9,14H,1-3,7H2,(H,12,13,15). The van der Waals surface area contributed by atoms with E-state index in [4.69, 9.17) is 5.11 Å². The van der Waals surface area contributed by atoms with Crippen LogP contribution in [0.2, 0.25) is 0 Å². The molecule has 0 aliphatic heterocycles. The van der Waals surface area contributed by atoms with Crippen LogP contribution in [-0.2, 0) is 11.4 Å². The van der Waals surface area contributed by atoms with Gasteiger partial charge in [0, 0.05) is 12.1 Å². The molecule has 4 heteroatoms. The Kier molecular flexibility index (Phi) is 2.97. The van der Waals surface area contributed by atoms with Crippen LogP contribution in [0.5, 0.6) is 0 Å². The monoisotopic (exact) mass is 206 g/mol. The number of hydrogen-bond donors (Lipinski definition) is 2. The summed E-state index contributed by atoms with van der Waals surface area (Å²) in [4.78, 5) is 15.6. The fourth-order valence-corrected chi connectivity index (χ4v) is 1.49. The van der Waals surface area contributed by atoms with E-state index < -0.39 is 0 Å². The van der Waals surface area contributed by atoms with Crippen molar-refractivity contribution in [1.29, 1.82) is 0 Å². The average molecular weight is 206 g/mol. The molecule has 4 nitrogen and oxygen atoms in total. The largest absolute Gasteiger partial charge is 0.392 e. The number of amides is 1. The van der Waals surface area contributed by atoms with Crippen molar-refractivity contribution in [3.05, 3.63) is 23.9 Å². The highest BCUT2D eigenvalue weighted by atomic mass is 16.3. The Labute approximate surface area is 88.3 Å². The molecule has 15 heavy (non-hydrogen) atoms. The summed E-state index contributed by atoms with van der Waals surface area (Å²) in [6.45, 7) is -0.0240. The minimum atomic E-state index is -0.0240. The van der Waals surface area contributed by atoms with Crippen LogP contribution in [0.25, 0.3) is 0 Å². The number of aromatic nitrogens is 1. The molecule has 0 spiro atoms. The number of hydrogen-bond acceptors (Lipinski definition) is 3. The summed E-state index contributed by atoms with van der Waals surface area (Å²) in [5, 5.41) is 11.6. The van der Waals surface area contributed by atoms with Crippen LogP contribution in [0.3, 0.4) is 0 Å². The highest BCUT2D eigenvalue weighted by Crippen LogP contribution is 2.27. The molecule has 0 unspecified atom stereocenters. The van der Waals surface area contributed by atoms with E-state index in [1.165, 1.54) is 0 Å². The first-order valence-electron chi connectivity index (χ1n) is 5.16. The highest BCUT2D eigenvalue weighted by Gasteiger charge is 2.25. The van der Waals surface area contributed by atoms with Crippen molar-refractivity contribution in [2.45, 2.75) is 25.9 Å². The Morgan fingerprint density at radius 1 is 1.53 bits per heavy atom. The predicted molar refractivity (Wildman–Crippen MR) is 56.1 cm³/mol. The first-order chi connectivity index (χ1) is 7.29. The maximum Gasteiger partial charge on any atom is 0.228 e. The van der Waals surface area contributed by atoms with Crippen molar-refractivity contribution < 1.29 is 9.90 Å². The molecule has 1 amide bonds. The van der Waals surface area contributed by atoms with Gasteiger partial charge in [-0.15, -0.1) is 0 Å². The first-order valence-corrected chi connectivity index (χ1v) is 5.16. The number of aliphatic hydroxyl groups excluding tert-OH is 1. The lowest BCUT2D eigenvalue weighted by molar-refractivity contribution is -0.122. The van der Waals surface area contributed by atoms with E-state index in [0.717, 1.165) is 24.8 Å². The molecular weight excluding hydrogens is 192 g/mol. The van der Waals surface area contributed by atoms with Gasteiger partial charge in [-0.1, -0.05) is 12.5 Å². The van der Waals surface area contributed by atoms with Crippen molar-refractivity contribution in [3.63, 3.8) is 0 Å². The fourth-order valence-electron chi connectivity index (χ4n) is 1.49. The third kappa shape index (κ3) is 2.33. The second-order valence-corrected chi connectivity index (χ2v) is 3.83. The second-order valence-electron chi connectivity index (χ2n) is 3.83. The van der Waals surface area contributed by atoms with Gasteiger partial charge in [0.1, 0.15) is 5.82 Å². The van der Waals surface area contributed by atoms with E-state index >= 15 is 0 Å². The molecule has 0 aromatic carbocycles. The van der Waals surface area contributed by atoms with Crippen molar-refractivity contribution in [2.24, 2.45) is 5.92 Å². The maximum atomic E-state index is 11.5. The van der Waals surface area contributed by atoms with Crippen LogP contribution < -0.4 is 5.32 Å². The molecule has 1 aromatic rings. The SMILES string of the molecule is O=C(Nc1ccc(CO)cn1)C1CCC1. The van der Waals surface area contributed by atoms with Crippen LogP contribution >= 0.6 is 0 Å². The molecule has 1 aliphatic rings. The molecule has 1 aliphatic carbocycles. The van der Waals surface area contributed by atoms with Gasteiger partial charge in [-0.05, 0) is 24.5 Å². The normalized spacial score (nSPS) is 15.8. The quantitative estimate of drug-likeness (QED) is 0.783. The van der Waals surface area contributed by atoms with Crippen molar-refractivity contribution in [3.8, 4) is 0 Å². The fraction of sp³-hybridized carbons (Fsp3) is 0.455. The number of carbonyl (C=O) groups excluding carboxylic acids is 1. The number of anilines is 1. The van der Waals surface area contributed by atoms with Crippen LogP contribution in [-0.4, -0.2) is 16.0 Å². The highest BCUT2D eigenvalue weighted by molar-refractivity contribution is 5.92. The Morgan fingerprint density at radius 3 is 2.80 bits per heavy atom. The lowest BCUT2D eigenvalue weighted by Gasteiger charge is -2.23. The molecule has 80 valence electrons. The van der Waals surface area contributed by atoms with Gasteiger partial charge in [-0.3, -0.25) is 4.79 Å². The van der Waals surface area contributed by atoms with Gasteiger partial charge in [0.2, 0.25) is 5.91 Å². The molecular formula is C11H14N2O2. The van der Waals surface area contributed by atoms with Gasteiger partial charge in [0.25, 0.3) is 0 Å². The molecule has 1 fully saturated rings. The minimum absolute atomic E-state index is 0.0240. The van der Waals surface area contributed by atoms with Crippen LogP contribution in [0.4, 0.5) is 5.82 Å². The zero-order valence-electron chi connectivity index (χ0n) is 8.44. The van der Waals surface area contributed by atoms with Crippen LogP contribution in [0.1, 0.15) is 24.8 Å². The minimum Gasteiger partial charge on any atom is -0.392 e. The second kappa shape index (κ2) is 4.40.